The first kappa shape index (κ1) is 23.8. The summed E-state index contributed by atoms with van der Waals surface area (Å²) in [6.07, 6.45) is 1.14. The molecule has 3 rings (SSSR count). The standard InChI is InChI=1S/C24H27ClFN3O3/c1-4-23(30)27-21-11-19(25)7-10-22(21)32-15-24(31)29-13-16(2)28(12-17(29)3)14-18-5-8-20(26)9-6-18/h4-11,16-17H,1,12-15H2,2-3H3,(H,27,30)/t16-,17+/m1/s1. The molecule has 1 N–H and O–H groups in total. The summed E-state index contributed by atoms with van der Waals surface area (Å²) in [6.45, 7) is 9.29. The first-order chi connectivity index (χ1) is 15.3. The molecule has 0 aliphatic carbocycles. The minimum Gasteiger partial charge on any atom is -0.482 e. The number of halogens is 2. The van der Waals surface area contributed by atoms with E-state index in [2.05, 4.69) is 23.7 Å². The highest BCUT2D eigenvalue weighted by Crippen LogP contribution is 2.28. The Kier molecular flexibility index (Phi) is 7.88. The molecule has 0 radical (unpaired) electrons. The van der Waals surface area contributed by atoms with Crippen LogP contribution in [-0.2, 0) is 16.1 Å². The summed E-state index contributed by atoms with van der Waals surface area (Å²) in [4.78, 5) is 28.7. The van der Waals surface area contributed by atoms with Crippen LogP contribution in [0.1, 0.15) is 19.4 Å². The molecule has 0 aromatic heterocycles. The van der Waals surface area contributed by atoms with E-state index >= 15 is 0 Å². The monoisotopic (exact) mass is 459 g/mol. The smallest absolute Gasteiger partial charge is 0.260 e. The molecule has 0 saturated carbocycles. The number of hydrogen-bond acceptors (Lipinski definition) is 4. The van der Waals surface area contributed by atoms with E-state index in [1.807, 2.05) is 11.8 Å². The number of nitrogens with one attached hydrogen (secondary N) is 1. The molecule has 170 valence electrons. The third-order valence-electron chi connectivity index (χ3n) is 5.47. The van der Waals surface area contributed by atoms with Crippen LogP contribution in [0.4, 0.5) is 10.1 Å². The summed E-state index contributed by atoms with van der Waals surface area (Å²) in [5, 5.41) is 3.06. The molecule has 1 saturated heterocycles. The minimum absolute atomic E-state index is 0.00657. The molecule has 2 atom stereocenters. The minimum atomic E-state index is -0.400. The maximum absolute atomic E-state index is 13.2. The van der Waals surface area contributed by atoms with Gasteiger partial charge in [-0.2, -0.15) is 0 Å². The predicted octanol–water partition coefficient (Wildman–Crippen LogP) is 4.10. The van der Waals surface area contributed by atoms with Crippen LogP contribution in [0.3, 0.4) is 0 Å². The van der Waals surface area contributed by atoms with Gasteiger partial charge in [0.2, 0.25) is 5.91 Å². The number of carbonyl (C=O) groups is 2. The Hall–Kier alpha value is -2.90. The number of ether oxygens (including phenoxy) is 1. The lowest BCUT2D eigenvalue weighted by molar-refractivity contribution is -0.139. The molecule has 2 amide bonds. The van der Waals surface area contributed by atoms with Crippen molar-refractivity contribution in [3.8, 4) is 5.75 Å². The van der Waals surface area contributed by atoms with E-state index in [4.69, 9.17) is 16.3 Å². The maximum atomic E-state index is 13.2. The molecular weight excluding hydrogens is 433 g/mol. The SMILES string of the molecule is C=CC(=O)Nc1cc(Cl)ccc1OCC(=O)N1C[C@@H](C)N(Cc2ccc(F)cc2)C[C@@H]1C. The van der Waals surface area contributed by atoms with Crippen LogP contribution in [0.5, 0.6) is 5.75 Å². The molecule has 1 fully saturated rings. The summed E-state index contributed by atoms with van der Waals surface area (Å²) in [5.74, 6) is -0.433. The summed E-state index contributed by atoms with van der Waals surface area (Å²) >= 11 is 6.01. The average molecular weight is 460 g/mol. The number of piperazine rings is 1. The van der Waals surface area contributed by atoms with Gasteiger partial charge in [-0.1, -0.05) is 30.3 Å². The van der Waals surface area contributed by atoms with E-state index in [1.54, 1.807) is 30.3 Å². The van der Waals surface area contributed by atoms with Crippen molar-refractivity contribution in [3.63, 3.8) is 0 Å². The maximum Gasteiger partial charge on any atom is 0.260 e. The van der Waals surface area contributed by atoms with Gasteiger partial charge in [0.1, 0.15) is 11.6 Å². The van der Waals surface area contributed by atoms with Crippen LogP contribution in [-0.4, -0.2) is 53.4 Å². The number of anilines is 1. The lowest BCUT2D eigenvalue weighted by atomic mass is 10.1. The van der Waals surface area contributed by atoms with E-state index in [-0.39, 0.29) is 30.4 Å². The molecule has 1 aliphatic heterocycles. The molecule has 2 aromatic carbocycles. The van der Waals surface area contributed by atoms with E-state index in [1.165, 1.54) is 12.1 Å². The van der Waals surface area contributed by atoms with Gasteiger partial charge in [-0.05, 0) is 55.8 Å². The van der Waals surface area contributed by atoms with Gasteiger partial charge in [0, 0.05) is 36.7 Å². The Morgan fingerprint density at radius 2 is 1.91 bits per heavy atom. The number of benzene rings is 2. The van der Waals surface area contributed by atoms with Crippen LogP contribution < -0.4 is 10.1 Å². The second kappa shape index (κ2) is 10.6. The topological polar surface area (TPSA) is 61.9 Å². The van der Waals surface area contributed by atoms with Gasteiger partial charge >= 0.3 is 0 Å². The highest BCUT2D eigenvalue weighted by atomic mass is 35.5. The molecule has 0 bridgehead atoms. The lowest BCUT2D eigenvalue weighted by Crippen LogP contribution is -2.58. The third kappa shape index (κ3) is 6.08. The van der Waals surface area contributed by atoms with E-state index < -0.39 is 5.91 Å². The zero-order valence-electron chi connectivity index (χ0n) is 18.2. The largest absolute Gasteiger partial charge is 0.482 e. The second-order valence-electron chi connectivity index (χ2n) is 7.92. The Morgan fingerprint density at radius 1 is 1.19 bits per heavy atom. The Bertz CT molecular complexity index is 983. The number of rotatable bonds is 7. The number of hydrogen-bond donors (Lipinski definition) is 1. The zero-order chi connectivity index (χ0) is 23.3. The van der Waals surface area contributed by atoms with Crippen molar-refractivity contribution < 1.29 is 18.7 Å². The molecule has 6 nitrogen and oxygen atoms in total. The van der Waals surface area contributed by atoms with Crippen molar-refractivity contribution in [2.75, 3.05) is 25.0 Å². The van der Waals surface area contributed by atoms with E-state index in [9.17, 15) is 14.0 Å². The van der Waals surface area contributed by atoms with Crippen LogP contribution in [0.25, 0.3) is 0 Å². The molecule has 32 heavy (non-hydrogen) atoms. The fraction of sp³-hybridized carbons (Fsp3) is 0.333. The number of nitrogens with zero attached hydrogens (tertiary/aromatic N) is 2. The molecule has 2 aromatic rings. The van der Waals surface area contributed by atoms with Gasteiger partial charge in [0.05, 0.1) is 5.69 Å². The van der Waals surface area contributed by atoms with Gasteiger partial charge in [-0.25, -0.2) is 4.39 Å². The molecular formula is C24H27ClFN3O3. The van der Waals surface area contributed by atoms with Gasteiger partial charge < -0.3 is 15.0 Å². The van der Waals surface area contributed by atoms with Crippen molar-refractivity contribution in [1.82, 2.24) is 9.80 Å². The van der Waals surface area contributed by atoms with Gasteiger partial charge in [0.25, 0.3) is 5.91 Å². The molecule has 0 spiro atoms. The van der Waals surface area contributed by atoms with Gasteiger partial charge in [0.15, 0.2) is 6.61 Å². The Balaban J connectivity index is 1.60. The van der Waals surface area contributed by atoms with Crippen LogP contribution in [0.2, 0.25) is 5.02 Å². The molecule has 1 aliphatic rings. The predicted molar refractivity (Wildman–Crippen MR) is 123 cm³/mol. The first-order valence-electron chi connectivity index (χ1n) is 10.4. The summed E-state index contributed by atoms with van der Waals surface area (Å²) in [6, 6.07) is 11.4. The Labute approximate surface area is 192 Å². The van der Waals surface area contributed by atoms with Crippen LogP contribution in [0, 0.1) is 5.82 Å². The second-order valence-corrected chi connectivity index (χ2v) is 8.36. The van der Waals surface area contributed by atoms with Gasteiger partial charge in [-0.15, -0.1) is 0 Å². The molecule has 1 heterocycles. The third-order valence-corrected chi connectivity index (χ3v) is 5.71. The summed E-state index contributed by atoms with van der Waals surface area (Å²) in [7, 11) is 0. The quantitative estimate of drug-likeness (QED) is 0.633. The fourth-order valence-electron chi connectivity index (χ4n) is 3.72. The Morgan fingerprint density at radius 3 is 2.59 bits per heavy atom. The molecule has 8 heteroatoms. The average Bonchev–Trinajstić information content (AvgIpc) is 2.76. The van der Waals surface area contributed by atoms with E-state index in [0.29, 0.717) is 36.1 Å². The van der Waals surface area contributed by atoms with Crippen molar-refractivity contribution >= 4 is 29.1 Å². The van der Waals surface area contributed by atoms with Crippen molar-refractivity contribution in [2.24, 2.45) is 0 Å². The van der Waals surface area contributed by atoms with Crippen molar-refractivity contribution in [1.29, 1.82) is 0 Å². The van der Waals surface area contributed by atoms with Crippen LogP contribution >= 0.6 is 11.6 Å². The van der Waals surface area contributed by atoms with Crippen LogP contribution in [0.15, 0.2) is 55.1 Å². The van der Waals surface area contributed by atoms with Gasteiger partial charge in [-0.3, -0.25) is 14.5 Å². The fourth-order valence-corrected chi connectivity index (χ4v) is 3.89. The summed E-state index contributed by atoms with van der Waals surface area (Å²) < 4.78 is 18.9. The zero-order valence-corrected chi connectivity index (χ0v) is 18.9. The highest BCUT2D eigenvalue weighted by Gasteiger charge is 2.32. The number of amides is 2. The normalized spacial score (nSPS) is 18.8. The summed E-state index contributed by atoms with van der Waals surface area (Å²) in [5.41, 5.74) is 1.41. The lowest BCUT2D eigenvalue weighted by Gasteiger charge is -2.44. The van der Waals surface area contributed by atoms with Crippen molar-refractivity contribution in [2.45, 2.75) is 32.5 Å². The van der Waals surface area contributed by atoms with E-state index in [0.717, 1.165) is 11.6 Å². The highest BCUT2D eigenvalue weighted by molar-refractivity contribution is 6.31. The van der Waals surface area contributed by atoms with Crippen molar-refractivity contribution in [3.05, 3.63) is 71.5 Å². The number of carbonyl (C=O) groups excluding carboxylic acids is 2. The molecule has 0 unspecified atom stereocenters. The first-order valence-corrected chi connectivity index (χ1v) is 10.8.